The van der Waals surface area contributed by atoms with Gasteiger partial charge < -0.3 is 14.9 Å². The summed E-state index contributed by atoms with van der Waals surface area (Å²) in [5.41, 5.74) is 0.606. The number of aliphatic hydroxyl groups is 2. The van der Waals surface area contributed by atoms with Crippen molar-refractivity contribution in [3.8, 4) is 0 Å². The van der Waals surface area contributed by atoms with Crippen LogP contribution in [0.15, 0.2) is 30.3 Å². The van der Waals surface area contributed by atoms with Gasteiger partial charge in [0.2, 0.25) is 0 Å². The van der Waals surface area contributed by atoms with Crippen LogP contribution >= 0.6 is 0 Å². The third-order valence-electron chi connectivity index (χ3n) is 1.55. The van der Waals surface area contributed by atoms with Gasteiger partial charge in [-0.3, -0.25) is 0 Å². The predicted octanol–water partition coefficient (Wildman–Crippen LogP) is 1.22. The number of hydrogen-bond acceptors (Lipinski definition) is 4. The zero-order chi connectivity index (χ0) is 12.4. The van der Waals surface area contributed by atoms with E-state index in [1.807, 2.05) is 18.2 Å². The van der Waals surface area contributed by atoms with Crippen LogP contribution in [-0.2, 0) is 4.74 Å². The van der Waals surface area contributed by atoms with Crippen molar-refractivity contribution in [3.05, 3.63) is 35.9 Å². The molecule has 4 heteroatoms. The highest BCUT2D eigenvalue weighted by molar-refractivity contribution is 5.89. The number of aliphatic hydroxyl groups excluding tert-OH is 2. The molecule has 16 heavy (non-hydrogen) atoms. The third kappa shape index (κ3) is 6.98. The number of ether oxygens (including phenoxy) is 1. The van der Waals surface area contributed by atoms with Crippen molar-refractivity contribution >= 4 is 5.97 Å². The second-order valence-electron chi connectivity index (χ2n) is 3.12. The lowest BCUT2D eigenvalue weighted by Crippen LogP contribution is -2.03. The van der Waals surface area contributed by atoms with E-state index < -0.39 is 6.10 Å². The first-order chi connectivity index (χ1) is 7.61. The van der Waals surface area contributed by atoms with Crippen molar-refractivity contribution in [2.75, 3.05) is 13.2 Å². The molecule has 4 nitrogen and oxygen atoms in total. The molecule has 1 aromatic rings. The normalized spacial score (nSPS) is 11.0. The van der Waals surface area contributed by atoms with Crippen LogP contribution in [0.1, 0.15) is 24.2 Å². The number of carbonyl (C=O) groups excluding carboxylic acids is 1. The second kappa shape index (κ2) is 8.88. The fraction of sp³-hybridized carbons (Fsp3) is 0.417. The Morgan fingerprint density at radius 1 is 1.38 bits per heavy atom. The topological polar surface area (TPSA) is 66.8 Å². The molecule has 1 aromatic carbocycles. The first kappa shape index (κ1) is 14.6. The van der Waals surface area contributed by atoms with Crippen molar-refractivity contribution in [2.24, 2.45) is 0 Å². The van der Waals surface area contributed by atoms with Crippen LogP contribution in [-0.4, -0.2) is 35.5 Å². The number of carbonyl (C=O) groups is 1. The molecule has 1 atom stereocenters. The summed E-state index contributed by atoms with van der Waals surface area (Å²) in [5, 5.41) is 16.0. The second-order valence-corrected chi connectivity index (χ2v) is 3.12. The van der Waals surface area contributed by atoms with Gasteiger partial charge in [0.25, 0.3) is 0 Å². The van der Waals surface area contributed by atoms with E-state index in [9.17, 15) is 4.79 Å². The lowest BCUT2D eigenvalue weighted by atomic mass is 10.2. The van der Waals surface area contributed by atoms with Gasteiger partial charge in [-0.2, -0.15) is 0 Å². The molecule has 1 unspecified atom stereocenters. The number of hydrogen-bond donors (Lipinski definition) is 2. The van der Waals surface area contributed by atoms with E-state index in [0.29, 0.717) is 12.2 Å². The summed E-state index contributed by atoms with van der Waals surface area (Å²) in [7, 11) is 0. The maximum Gasteiger partial charge on any atom is 0.338 e. The van der Waals surface area contributed by atoms with Gasteiger partial charge in [0, 0.05) is 0 Å². The molecule has 0 aliphatic heterocycles. The molecule has 0 spiro atoms. The van der Waals surface area contributed by atoms with E-state index in [4.69, 9.17) is 14.9 Å². The summed E-state index contributed by atoms with van der Waals surface area (Å²) < 4.78 is 4.79. The van der Waals surface area contributed by atoms with Crippen LogP contribution in [0.4, 0.5) is 0 Å². The van der Waals surface area contributed by atoms with Gasteiger partial charge in [0.05, 0.1) is 24.9 Å². The minimum absolute atomic E-state index is 0.139. The van der Waals surface area contributed by atoms with E-state index in [0.717, 1.165) is 0 Å². The zero-order valence-corrected chi connectivity index (χ0v) is 9.59. The lowest BCUT2D eigenvalue weighted by molar-refractivity contribution is 0.0526. The fourth-order valence-corrected chi connectivity index (χ4v) is 0.789. The van der Waals surface area contributed by atoms with Crippen molar-refractivity contribution in [2.45, 2.75) is 20.0 Å². The van der Waals surface area contributed by atoms with Gasteiger partial charge in [-0.15, -0.1) is 0 Å². The molecule has 0 radical (unpaired) electrons. The van der Waals surface area contributed by atoms with Crippen LogP contribution in [0.2, 0.25) is 0 Å². The van der Waals surface area contributed by atoms with E-state index in [2.05, 4.69) is 0 Å². The lowest BCUT2D eigenvalue weighted by Gasteiger charge is -1.99. The van der Waals surface area contributed by atoms with Gasteiger partial charge >= 0.3 is 5.97 Å². The summed E-state index contributed by atoms with van der Waals surface area (Å²) in [6.45, 7) is 3.61. The molecule has 90 valence electrons. The highest BCUT2D eigenvalue weighted by atomic mass is 16.5. The predicted molar refractivity (Wildman–Crippen MR) is 61.2 cm³/mol. The minimum Gasteiger partial charge on any atom is -0.462 e. The number of esters is 1. The van der Waals surface area contributed by atoms with Crippen molar-refractivity contribution < 1.29 is 19.7 Å². The molecule has 0 aliphatic carbocycles. The molecule has 0 saturated heterocycles. The van der Waals surface area contributed by atoms with Crippen molar-refractivity contribution in [3.63, 3.8) is 0 Å². The summed E-state index contributed by atoms with van der Waals surface area (Å²) in [6.07, 6.45) is -0.560. The first-order valence-corrected chi connectivity index (χ1v) is 5.12. The summed E-state index contributed by atoms with van der Waals surface area (Å²) in [6, 6.07) is 8.96. The van der Waals surface area contributed by atoms with Crippen molar-refractivity contribution in [1.29, 1.82) is 0 Å². The zero-order valence-electron chi connectivity index (χ0n) is 9.59. The van der Waals surface area contributed by atoms with Gasteiger partial charge in [-0.1, -0.05) is 18.2 Å². The minimum atomic E-state index is -0.560. The largest absolute Gasteiger partial charge is 0.462 e. The molecule has 1 rings (SSSR count). The molecule has 0 aliphatic rings. The SMILES string of the molecule is CC(O)CO.CCOC(=O)c1ccccc1. The Bertz CT molecular complexity index is 282. The van der Waals surface area contributed by atoms with Gasteiger partial charge in [-0.25, -0.2) is 4.79 Å². The average Bonchev–Trinajstić information content (AvgIpc) is 2.31. The van der Waals surface area contributed by atoms with Gasteiger partial charge in [0.1, 0.15) is 0 Å². The Balaban J connectivity index is 0.000000385. The molecule has 0 saturated carbocycles. The third-order valence-corrected chi connectivity index (χ3v) is 1.55. The average molecular weight is 226 g/mol. The van der Waals surface area contributed by atoms with Crippen LogP contribution in [0.3, 0.4) is 0 Å². The standard InChI is InChI=1S/C9H10O2.C3H8O2/c1-2-11-9(10)8-6-4-3-5-7-8;1-3(5)2-4/h3-7H,2H2,1H3;3-5H,2H2,1H3. The Morgan fingerprint density at radius 2 is 1.88 bits per heavy atom. The van der Waals surface area contributed by atoms with Crippen LogP contribution in [0, 0.1) is 0 Å². The first-order valence-electron chi connectivity index (χ1n) is 5.12. The molecule has 2 N–H and O–H groups in total. The Labute approximate surface area is 95.5 Å². The van der Waals surface area contributed by atoms with E-state index in [1.165, 1.54) is 6.92 Å². The maximum atomic E-state index is 11.0. The van der Waals surface area contributed by atoms with E-state index >= 15 is 0 Å². The molecule has 0 amide bonds. The quantitative estimate of drug-likeness (QED) is 0.760. The number of rotatable bonds is 3. The van der Waals surface area contributed by atoms with Crippen LogP contribution < -0.4 is 0 Å². The maximum absolute atomic E-state index is 11.0. The number of benzene rings is 1. The molecular formula is C12H18O4. The van der Waals surface area contributed by atoms with E-state index in [1.54, 1.807) is 19.1 Å². The monoisotopic (exact) mass is 226 g/mol. The molecular weight excluding hydrogens is 208 g/mol. The van der Waals surface area contributed by atoms with Gasteiger partial charge in [-0.05, 0) is 26.0 Å². The summed E-state index contributed by atoms with van der Waals surface area (Å²) >= 11 is 0. The van der Waals surface area contributed by atoms with Crippen molar-refractivity contribution in [1.82, 2.24) is 0 Å². The molecule has 0 fully saturated rings. The van der Waals surface area contributed by atoms with Gasteiger partial charge in [0.15, 0.2) is 0 Å². The highest BCUT2D eigenvalue weighted by Gasteiger charge is 2.02. The van der Waals surface area contributed by atoms with Crippen LogP contribution in [0.5, 0.6) is 0 Å². The Hall–Kier alpha value is -1.39. The van der Waals surface area contributed by atoms with Crippen LogP contribution in [0.25, 0.3) is 0 Å². The van der Waals surface area contributed by atoms with E-state index in [-0.39, 0.29) is 12.6 Å². The molecule has 0 heterocycles. The Morgan fingerprint density at radius 3 is 2.25 bits per heavy atom. The highest BCUT2D eigenvalue weighted by Crippen LogP contribution is 1.99. The summed E-state index contributed by atoms with van der Waals surface area (Å²) in [4.78, 5) is 11.0. The molecule has 0 bridgehead atoms. The Kier molecular flexibility index (Phi) is 8.11. The smallest absolute Gasteiger partial charge is 0.338 e. The fourth-order valence-electron chi connectivity index (χ4n) is 0.789. The summed E-state index contributed by atoms with van der Waals surface area (Å²) in [5.74, 6) is -0.256. The molecule has 0 aromatic heterocycles.